The number of amides is 1. The molecule has 132 valence electrons. The molecule has 1 unspecified atom stereocenters. The fraction of sp³-hybridized carbons (Fsp3) is 0.294. The predicted octanol–water partition coefficient (Wildman–Crippen LogP) is 3.96. The Bertz CT molecular complexity index is 742. The number of anilines is 3. The van der Waals surface area contributed by atoms with Crippen molar-refractivity contribution in [1.82, 2.24) is 4.98 Å². The van der Waals surface area contributed by atoms with E-state index in [0.717, 1.165) is 12.5 Å². The van der Waals surface area contributed by atoms with Gasteiger partial charge in [-0.05, 0) is 37.1 Å². The second-order valence-electron chi connectivity index (χ2n) is 5.59. The van der Waals surface area contributed by atoms with Crippen molar-refractivity contribution in [3.8, 4) is 0 Å². The molecule has 1 atom stereocenters. The van der Waals surface area contributed by atoms with Gasteiger partial charge < -0.3 is 15.4 Å². The maximum atomic E-state index is 13.0. The molecule has 1 aliphatic heterocycles. The second kappa shape index (κ2) is 7.10. The van der Waals surface area contributed by atoms with E-state index in [-0.39, 0.29) is 11.6 Å². The van der Waals surface area contributed by atoms with Crippen LogP contribution < -0.4 is 10.6 Å². The Hall–Kier alpha value is -2.61. The Morgan fingerprint density at radius 1 is 1.20 bits per heavy atom. The SMILES string of the molecule is O=C(Nc1ccc(Nc2ccccc2C(F)(F)F)cn1)C1CCCO1. The molecule has 25 heavy (non-hydrogen) atoms. The lowest BCUT2D eigenvalue weighted by Gasteiger charge is -2.14. The van der Waals surface area contributed by atoms with Crippen molar-refractivity contribution in [3.63, 3.8) is 0 Å². The lowest BCUT2D eigenvalue weighted by atomic mass is 10.1. The highest BCUT2D eigenvalue weighted by molar-refractivity contribution is 5.93. The number of halogens is 3. The third-order valence-electron chi connectivity index (χ3n) is 3.75. The minimum atomic E-state index is -4.45. The summed E-state index contributed by atoms with van der Waals surface area (Å²) < 4.78 is 44.3. The summed E-state index contributed by atoms with van der Waals surface area (Å²) in [5, 5.41) is 5.32. The van der Waals surface area contributed by atoms with Crippen LogP contribution in [-0.2, 0) is 15.7 Å². The smallest absolute Gasteiger partial charge is 0.368 e. The van der Waals surface area contributed by atoms with Crippen LogP contribution in [0.4, 0.5) is 30.4 Å². The van der Waals surface area contributed by atoms with Gasteiger partial charge in [-0.3, -0.25) is 4.79 Å². The predicted molar refractivity (Wildman–Crippen MR) is 86.6 cm³/mol. The number of nitrogens with one attached hydrogen (secondary N) is 2. The molecular weight excluding hydrogens is 335 g/mol. The lowest BCUT2D eigenvalue weighted by molar-refractivity contribution is -0.137. The zero-order valence-corrected chi connectivity index (χ0v) is 13.1. The summed E-state index contributed by atoms with van der Waals surface area (Å²) >= 11 is 0. The van der Waals surface area contributed by atoms with E-state index in [9.17, 15) is 18.0 Å². The van der Waals surface area contributed by atoms with Gasteiger partial charge in [0.05, 0.1) is 23.1 Å². The standard InChI is InChI=1S/C17H16F3N3O2/c18-17(19,20)12-4-1-2-5-13(12)22-11-7-8-15(21-10-11)23-16(24)14-6-3-9-25-14/h1-2,4-5,7-8,10,14,22H,3,6,9H2,(H,21,23,24). The van der Waals surface area contributed by atoms with Gasteiger partial charge in [0.2, 0.25) is 0 Å². The number of para-hydroxylation sites is 1. The van der Waals surface area contributed by atoms with E-state index < -0.39 is 17.8 Å². The average molecular weight is 351 g/mol. The van der Waals surface area contributed by atoms with Crippen molar-refractivity contribution in [2.75, 3.05) is 17.2 Å². The van der Waals surface area contributed by atoms with Crippen molar-refractivity contribution >= 4 is 23.1 Å². The number of carbonyl (C=O) groups excluding carboxylic acids is 1. The van der Waals surface area contributed by atoms with Crippen LogP contribution >= 0.6 is 0 Å². The van der Waals surface area contributed by atoms with E-state index in [1.807, 2.05) is 0 Å². The molecule has 1 fully saturated rings. The molecule has 8 heteroatoms. The number of alkyl halides is 3. The third kappa shape index (κ3) is 4.27. The van der Waals surface area contributed by atoms with Crippen LogP contribution in [0.15, 0.2) is 42.6 Å². The molecule has 1 aromatic heterocycles. The van der Waals surface area contributed by atoms with E-state index in [4.69, 9.17) is 4.74 Å². The summed E-state index contributed by atoms with van der Waals surface area (Å²) in [4.78, 5) is 16.0. The third-order valence-corrected chi connectivity index (χ3v) is 3.75. The number of hydrogen-bond acceptors (Lipinski definition) is 4. The summed E-state index contributed by atoms with van der Waals surface area (Å²) in [5.41, 5.74) is -0.439. The van der Waals surface area contributed by atoms with E-state index >= 15 is 0 Å². The van der Waals surface area contributed by atoms with Crippen molar-refractivity contribution < 1.29 is 22.7 Å². The van der Waals surface area contributed by atoms with Crippen molar-refractivity contribution in [2.45, 2.75) is 25.1 Å². The number of pyridine rings is 1. The highest BCUT2D eigenvalue weighted by atomic mass is 19.4. The van der Waals surface area contributed by atoms with E-state index in [2.05, 4.69) is 15.6 Å². The molecule has 1 saturated heterocycles. The van der Waals surface area contributed by atoms with Crippen LogP contribution in [0.25, 0.3) is 0 Å². The fourth-order valence-corrected chi connectivity index (χ4v) is 2.53. The first-order valence-electron chi connectivity index (χ1n) is 7.75. The molecule has 0 radical (unpaired) electrons. The van der Waals surface area contributed by atoms with Gasteiger partial charge in [-0.2, -0.15) is 13.2 Å². The Kier molecular flexibility index (Phi) is 4.89. The van der Waals surface area contributed by atoms with Gasteiger partial charge >= 0.3 is 6.18 Å². The monoisotopic (exact) mass is 351 g/mol. The Labute approximate surface area is 142 Å². The number of rotatable bonds is 4. The van der Waals surface area contributed by atoms with Crippen LogP contribution in [0, 0.1) is 0 Å². The summed E-state index contributed by atoms with van der Waals surface area (Å²) in [7, 11) is 0. The summed E-state index contributed by atoms with van der Waals surface area (Å²) in [6.07, 6.45) is -2.06. The molecule has 0 saturated carbocycles. The molecule has 2 heterocycles. The highest BCUT2D eigenvalue weighted by Gasteiger charge is 2.33. The van der Waals surface area contributed by atoms with Gasteiger partial charge in [-0.15, -0.1) is 0 Å². The van der Waals surface area contributed by atoms with Gasteiger partial charge in [-0.25, -0.2) is 4.98 Å². The molecule has 1 amide bonds. The van der Waals surface area contributed by atoms with E-state index in [1.54, 1.807) is 6.07 Å². The summed E-state index contributed by atoms with van der Waals surface area (Å²) in [5.74, 6) is 0.0447. The highest BCUT2D eigenvalue weighted by Crippen LogP contribution is 2.35. The first-order chi connectivity index (χ1) is 11.9. The Morgan fingerprint density at radius 2 is 2.00 bits per heavy atom. The van der Waals surface area contributed by atoms with Crippen molar-refractivity contribution in [1.29, 1.82) is 0 Å². The Balaban J connectivity index is 1.68. The van der Waals surface area contributed by atoms with Crippen molar-refractivity contribution in [3.05, 3.63) is 48.2 Å². The molecular formula is C17H16F3N3O2. The van der Waals surface area contributed by atoms with Crippen LogP contribution in [0.1, 0.15) is 18.4 Å². The molecule has 5 nitrogen and oxygen atoms in total. The second-order valence-corrected chi connectivity index (χ2v) is 5.59. The molecule has 1 aromatic carbocycles. The first kappa shape index (κ1) is 17.2. The fourth-order valence-electron chi connectivity index (χ4n) is 2.53. The summed E-state index contributed by atoms with van der Waals surface area (Å²) in [6.45, 7) is 0.562. The van der Waals surface area contributed by atoms with E-state index in [0.29, 0.717) is 24.5 Å². The molecule has 1 aliphatic rings. The van der Waals surface area contributed by atoms with Gasteiger partial charge in [0.25, 0.3) is 5.91 Å². The zero-order valence-electron chi connectivity index (χ0n) is 13.1. The van der Waals surface area contributed by atoms with Crippen LogP contribution in [0.3, 0.4) is 0 Å². The molecule has 2 N–H and O–H groups in total. The minimum Gasteiger partial charge on any atom is -0.368 e. The average Bonchev–Trinajstić information content (AvgIpc) is 3.11. The minimum absolute atomic E-state index is 0.0621. The molecule has 2 aromatic rings. The lowest BCUT2D eigenvalue weighted by Crippen LogP contribution is -2.27. The molecule has 3 rings (SSSR count). The topological polar surface area (TPSA) is 63.2 Å². The van der Waals surface area contributed by atoms with Crippen molar-refractivity contribution in [2.24, 2.45) is 0 Å². The van der Waals surface area contributed by atoms with Crippen LogP contribution in [0.2, 0.25) is 0 Å². The number of benzene rings is 1. The maximum absolute atomic E-state index is 13.0. The number of hydrogen-bond donors (Lipinski definition) is 2. The zero-order chi connectivity index (χ0) is 17.9. The quantitative estimate of drug-likeness (QED) is 0.875. The number of carbonyl (C=O) groups is 1. The first-order valence-corrected chi connectivity index (χ1v) is 7.75. The van der Waals surface area contributed by atoms with Gasteiger partial charge in [0.15, 0.2) is 0 Å². The molecule has 0 aliphatic carbocycles. The normalized spacial score (nSPS) is 17.3. The van der Waals surface area contributed by atoms with Gasteiger partial charge in [0.1, 0.15) is 11.9 Å². The Morgan fingerprint density at radius 3 is 2.64 bits per heavy atom. The summed E-state index contributed by atoms with van der Waals surface area (Å²) in [6, 6.07) is 8.26. The van der Waals surface area contributed by atoms with E-state index in [1.165, 1.54) is 30.5 Å². The maximum Gasteiger partial charge on any atom is 0.418 e. The largest absolute Gasteiger partial charge is 0.418 e. The molecule has 0 bridgehead atoms. The number of aromatic nitrogens is 1. The van der Waals surface area contributed by atoms with Crippen LogP contribution in [0.5, 0.6) is 0 Å². The molecule has 0 spiro atoms. The number of ether oxygens (including phenoxy) is 1. The van der Waals surface area contributed by atoms with Gasteiger partial charge in [0, 0.05) is 6.61 Å². The number of nitrogens with zero attached hydrogens (tertiary/aromatic N) is 1. The van der Waals surface area contributed by atoms with Crippen LogP contribution in [-0.4, -0.2) is 23.6 Å². The van der Waals surface area contributed by atoms with Gasteiger partial charge in [-0.1, -0.05) is 12.1 Å².